The van der Waals surface area contributed by atoms with Crippen molar-refractivity contribution in [2.24, 2.45) is 0 Å². The van der Waals surface area contributed by atoms with Crippen molar-refractivity contribution in [2.75, 3.05) is 24.3 Å². The lowest BCUT2D eigenvalue weighted by molar-refractivity contribution is -0.113. The number of hydrogen-bond acceptors (Lipinski definition) is 5. The van der Waals surface area contributed by atoms with Gasteiger partial charge in [-0.2, -0.15) is 0 Å². The smallest absolute Gasteiger partial charge is 0.270 e. The number of thioether (sulfide) groups is 1. The summed E-state index contributed by atoms with van der Waals surface area (Å²) in [5.74, 6) is 0.829. The monoisotopic (exact) mass is 346 g/mol. The molecule has 4 rings (SSSR count). The van der Waals surface area contributed by atoms with Gasteiger partial charge in [-0.15, -0.1) is 11.8 Å². The maximum absolute atomic E-state index is 12.7. The summed E-state index contributed by atoms with van der Waals surface area (Å²) in [5.41, 5.74) is 1.44. The van der Waals surface area contributed by atoms with Gasteiger partial charge in [-0.25, -0.2) is 0 Å². The summed E-state index contributed by atoms with van der Waals surface area (Å²) in [6, 6.07) is 3.92. The zero-order chi connectivity index (χ0) is 16.5. The molecule has 0 aromatic carbocycles. The number of carbonyl (C=O) groups is 1. The van der Waals surface area contributed by atoms with Crippen LogP contribution in [0.1, 0.15) is 35.3 Å². The van der Waals surface area contributed by atoms with E-state index in [0.717, 1.165) is 18.4 Å². The van der Waals surface area contributed by atoms with Crippen LogP contribution in [0.5, 0.6) is 0 Å². The van der Waals surface area contributed by atoms with Crippen LogP contribution in [0.3, 0.4) is 0 Å². The van der Waals surface area contributed by atoms with Crippen LogP contribution in [-0.2, 0) is 9.53 Å². The summed E-state index contributed by atoms with van der Waals surface area (Å²) in [6.45, 7) is 1.33. The molecular formula is C16H18N4O3S. The van der Waals surface area contributed by atoms with Crippen molar-refractivity contribution in [3.05, 3.63) is 46.0 Å². The van der Waals surface area contributed by atoms with Crippen LogP contribution < -0.4 is 10.9 Å². The van der Waals surface area contributed by atoms with Gasteiger partial charge < -0.3 is 10.1 Å². The minimum atomic E-state index is -0.188. The van der Waals surface area contributed by atoms with Crippen molar-refractivity contribution in [3.8, 4) is 0 Å². The molecule has 0 bridgehead atoms. The van der Waals surface area contributed by atoms with Crippen molar-refractivity contribution in [1.29, 1.82) is 0 Å². The number of rotatable bonds is 2. The number of anilines is 1. The standard InChI is InChI=1S/C16H18N4O3S/c21-12-9-24-14(10-1-5-17-6-2-10)13-15(18-12)20(19-16(13)22)11-3-7-23-8-4-11/h1-2,5-6,11,14H,3-4,7-9H2,(H,18,21)(H,19,22)/t14-/m1/s1. The number of H-pyrrole nitrogens is 1. The van der Waals surface area contributed by atoms with Crippen molar-refractivity contribution >= 4 is 23.5 Å². The lowest BCUT2D eigenvalue weighted by Crippen LogP contribution is -2.24. The number of hydrogen-bond donors (Lipinski definition) is 2. The lowest BCUT2D eigenvalue weighted by Gasteiger charge is -2.25. The van der Waals surface area contributed by atoms with E-state index in [1.165, 1.54) is 11.8 Å². The fourth-order valence-electron chi connectivity index (χ4n) is 3.26. The highest BCUT2D eigenvalue weighted by molar-refractivity contribution is 8.00. The fraction of sp³-hybridized carbons (Fsp3) is 0.438. The minimum absolute atomic E-state index is 0.0855. The molecule has 2 N–H and O–H groups in total. The number of nitrogens with one attached hydrogen (secondary N) is 2. The Morgan fingerprint density at radius 1 is 1.21 bits per heavy atom. The SMILES string of the molecule is O=C1CS[C@H](c2ccncc2)c2c(n(C3CCOCC3)[nH]c2=O)N1. The van der Waals surface area contributed by atoms with E-state index in [1.807, 2.05) is 16.8 Å². The first-order chi connectivity index (χ1) is 11.7. The molecule has 2 aliphatic heterocycles. The normalized spacial score (nSPS) is 21.8. The van der Waals surface area contributed by atoms with E-state index in [-0.39, 0.29) is 22.8 Å². The Balaban J connectivity index is 1.82. The van der Waals surface area contributed by atoms with E-state index in [4.69, 9.17) is 4.74 Å². The molecule has 1 amide bonds. The Kier molecular flexibility index (Phi) is 4.15. The summed E-state index contributed by atoms with van der Waals surface area (Å²) >= 11 is 1.46. The number of fused-ring (bicyclic) bond motifs is 1. The molecule has 0 spiro atoms. The Morgan fingerprint density at radius 2 is 1.96 bits per heavy atom. The topological polar surface area (TPSA) is 89.0 Å². The Labute approximate surface area is 142 Å². The van der Waals surface area contributed by atoms with Crippen LogP contribution in [0.2, 0.25) is 0 Å². The largest absolute Gasteiger partial charge is 0.381 e. The summed E-state index contributed by atoms with van der Waals surface area (Å²) in [7, 11) is 0. The highest BCUT2D eigenvalue weighted by atomic mass is 32.2. The van der Waals surface area contributed by atoms with Gasteiger partial charge in [-0.05, 0) is 30.5 Å². The number of ether oxygens (including phenoxy) is 1. The number of pyridine rings is 1. The third kappa shape index (κ3) is 2.76. The van der Waals surface area contributed by atoms with Gasteiger partial charge in [0, 0.05) is 25.6 Å². The van der Waals surface area contributed by atoms with Crippen LogP contribution in [0.15, 0.2) is 29.3 Å². The molecule has 2 aromatic heterocycles. The number of aromatic nitrogens is 3. The summed E-state index contributed by atoms with van der Waals surface area (Å²) in [6.07, 6.45) is 5.05. The molecule has 0 radical (unpaired) electrons. The molecule has 8 heteroatoms. The van der Waals surface area contributed by atoms with E-state index in [1.54, 1.807) is 12.4 Å². The second-order valence-electron chi connectivity index (χ2n) is 5.94. The molecule has 1 saturated heterocycles. The summed E-state index contributed by atoms with van der Waals surface area (Å²) < 4.78 is 7.24. The van der Waals surface area contributed by atoms with Crippen LogP contribution in [-0.4, -0.2) is 39.6 Å². The van der Waals surface area contributed by atoms with E-state index in [2.05, 4.69) is 15.4 Å². The average molecular weight is 346 g/mol. The maximum atomic E-state index is 12.7. The van der Waals surface area contributed by atoms with E-state index in [9.17, 15) is 9.59 Å². The third-order valence-corrected chi connectivity index (χ3v) is 5.70. The van der Waals surface area contributed by atoms with Crippen LogP contribution in [0.4, 0.5) is 5.82 Å². The van der Waals surface area contributed by atoms with E-state index in [0.29, 0.717) is 30.3 Å². The second kappa shape index (κ2) is 6.45. The molecule has 126 valence electrons. The van der Waals surface area contributed by atoms with Gasteiger partial charge in [-0.3, -0.25) is 24.4 Å². The number of carbonyl (C=O) groups excluding carboxylic acids is 1. The first kappa shape index (κ1) is 15.5. The number of amides is 1. The quantitative estimate of drug-likeness (QED) is 0.864. The first-order valence-electron chi connectivity index (χ1n) is 7.97. The number of aromatic amines is 1. The van der Waals surface area contributed by atoms with Gasteiger partial charge in [0.1, 0.15) is 5.82 Å². The molecule has 2 aromatic rings. The van der Waals surface area contributed by atoms with Crippen molar-refractivity contribution in [3.63, 3.8) is 0 Å². The zero-order valence-electron chi connectivity index (χ0n) is 13.0. The molecule has 0 aliphatic carbocycles. The van der Waals surface area contributed by atoms with Gasteiger partial charge in [0.15, 0.2) is 0 Å². The van der Waals surface area contributed by atoms with Crippen molar-refractivity contribution in [2.45, 2.75) is 24.1 Å². The third-order valence-electron chi connectivity index (χ3n) is 4.43. The molecule has 2 aliphatic rings. The second-order valence-corrected chi connectivity index (χ2v) is 7.03. The summed E-state index contributed by atoms with van der Waals surface area (Å²) in [5, 5.41) is 5.67. The Hall–Kier alpha value is -2.06. The van der Waals surface area contributed by atoms with E-state index >= 15 is 0 Å². The van der Waals surface area contributed by atoms with Crippen molar-refractivity contribution < 1.29 is 9.53 Å². The maximum Gasteiger partial charge on any atom is 0.270 e. The molecule has 0 saturated carbocycles. The molecule has 1 atom stereocenters. The fourth-order valence-corrected chi connectivity index (χ4v) is 4.39. The highest BCUT2D eigenvalue weighted by Crippen LogP contribution is 2.40. The van der Waals surface area contributed by atoms with Crippen LogP contribution in [0.25, 0.3) is 0 Å². The van der Waals surface area contributed by atoms with Crippen molar-refractivity contribution in [1.82, 2.24) is 14.8 Å². The van der Waals surface area contributed by atoms with Gasteiger partial charge in [-0.1, -0.05) is 0 Å². The molecule has 4 heterocycles. The molecule has 0 unspecified atom stereocenters. The van der Waals surface area contributed by atoms with Gasteiger partial charge in [0.05, 0.1) is 22.6 Å². The van der Waals surface area contributed by atoms with Gasteiger partial charge in [0.25, 0.3) is 5.56 Å². The van der Waals surface area contributed by atoms with Crippen LogP contribution >= 0.6 is 11.8 Å². The predicted molar refractivity (Wildman–Crippen MR) is 91.3 cm³/mol. The predicted octanol–water partition coefficient (Wildman–Crippen LogP) is 1.70. The average Bonchev–Trinajstić information content (AvgIpc) is 2.83. The summed E-state index contributed by atoms with van der Waals surface area (Å²) in [4.78, 5) is 28.9. The van der Waals surface area contributed by atoms with Crippen LogP contribution in [0, 0.1) is 0 Å². The lowest BCUT2D eigenvalue weighted by atomic mass is 10.1. The molecule has 1 fully saturated rings. The molecular weight excluding hydrogens is 328 g/mol. The zero-order valence-corrected chi connectivity index (χ0v) is 13.8. The molecule has 24 heavy (non-hydrogen) atoms. The minimum Gasteiger partial charge on any atom is -0.381 e. The number of nitrogens with zero attached hydrogens (tertiary/aromatic N) is 2. The van der Waals surface area contributed by atoms with Gasteiger partial charge >= 0.3 is 0 Å². The highest BCUT2D eigenvalue weighted by Gasteiger charge is 2.32. The van der Waals surface area contributed by atoms with E-state index < -0.39 is 0 Å². The van der Waals surface area contributed by atoms with Gasteiger partial charge in [0.2, 0.25) is 5.91 Å². The molecule has 7 nitrogen and oxygen atoms in total. The Morgan fingerprint density at radius 3 is 2.71 bits per heavy atom. The first-order valence-corrected chi connectivity index (χ1v) is 9.02. The Bertz CT molecular complexity index is 795.